The number of nitrogens with two attached hydrogens (primary N) is 1. The molecule has 0 aromatic heterocycles. The summed E-state index contributed by atoms with van der Waals surface area (Å²) in [4.78, 5) is 0. The zero-order chi connectivity index (χ0) is 7.61. The number of rotatable bonds is 1. The molecule has 0 amide bonds. The average Bonchev–Trinajstić information content (AvgIpc) is 1.88. The van der Waals surface area contributed by atoms with Gasteiger partial charge in [-0.2, -0.15) is 0 Å². The normalized spacial score (nSPS) is 32.1. The molecule has 0 radical (unpaired) electrons. The second kappa shape index (κ2) is 2.89. The molecule has 1 fully saturated rings. The highest BCUT2D eigenvalue weighted by molar-refractivity contribution is 4.83. The van der Waals surface area contributed by atoms with Crippen LogP contribution in [0.2, 0.25) is 0 Å². The first-order chi connectivity index (χ1) is 4.64. The molecule has 0 bridgehead atoms. The largest absolute Gasteiger partial charge is 0.329 e. The Labute approximate surface area is 63.2 Å². The zero-order valence-electron chi connectivity index (χ0n) is 6.98. The molecule has 1 aliphatic rings. The monoisotopic (exact) mass is 142 g/mol. The Hall–Kier alpha value is -0.0800. The van der Waals surface area contributed by atoms with Crippen LogP contribution in [0, 0.1) is 5.41 Å². The van der Waals surface area contributed by atoms with Gasteiger partial charge in [0, 0.05) is 19.1 Å². The van der Waals surface area contributed by atoms with Crippen LogP contribution in [0.4, 0.5) is 0 Å². The number of nitrogens with one attached hydrogen (secondary N) is 1. The van der Waals surface area contributed by atoms with E-state index < -0.39 is 0 Å². The van der Waals surface area contributed by atoms with Crippen molar-refractivity contribution in [2.45, 2.75) is 32.7 Å². The van der Waals surface area contributed by atoms with Crippen molar-refractivity contribution in [3.05, 3.63) is 0 Å². The van der Waals surface area contributed by atoms with Gasteiger partial charge in [0.2, 0.25) is 0 Å². The van der Waals surface area contributed by atoms with Gasteiger partial charge in [-0.15, -0.1) is 0 Å². The van der Waals surface area contributed by atoms with Crippen molar-refractivity contribution in [3.63, 3.8) is 0 Å². The maximum absolute atomic E-state index is 5.53. The minimum Gasteiger partial charge on any atom is -0.329 e. The van der Waals surface area contributed by atoms with Gasteiger partial charge in [0.1, 0.15) is 0 Å². The highest BCUT2D eigenvalue weighted by atomic mass is 15.0. The summed E-state index contributed by atoms with van der Waals surface area (Å²) in [5, 5.41) is 3.43. The van der Waals surface area contributed by atoms with E-state index in [0.29, 0.717) is 11.5 Å². The lowest BCUT2D eigenvalue weighted by Crippen LogP contribution is -2.46. The van der Waals surface area contributed by atoms with Gasteiger partial charge in [-0.25, -0.2) is 0 Å². The highest BCUT2D eigenvalue weighted by Crippen LogP contribution is 2.25. The van der Waals surface area contributed by atoms with Crippen molar-refractivity contribution in [2.24, 2.45) is 11.1 Å². The molecule has 1 aliphatic heterocycles. The minimum atomic E-state index is 0.492. The second-order valence-electron chi connectivity index (χ2n) is 4.02. The number of piperidine rings is 1. The Morgan fingerprint density at radius 3 is 2.70 bits per heavy atom. The van der Waals surface area contributed by atoms with Crippen molar-refractivity contribution in [1.82, 2.24) is 5.32 Å². The third-order valence-electron chi connectivity index (χ3n) is 2.32. The Balaban J connectivity index is 2.31. The van der Waals surface area contributed by atoms with E-state index in [0.717, 1.165) is 13.1 Å². The van der Waals surface area contributed by atoms with Gasteiger partial charge < -0.3 is 11.1 Å². The van der Waals surface area contributed by atoms with E-state index >= 15 is 0 Å². The Morgan fingerprint density at radius 1 is 1.60 bits per heavy atom. The average molecular weight is 142 g/mol. The van der Waals surface area contributed by atoms with E-state index in [4.69, 9.17) is 5.73 Å². The summed E-state index contributed by atoms with van der Waals surface area (Å²) in [6.07, 6.45) is 2.55. The van der Waals surface area contributed by atoms with Gasteiger partial charge in [0.05, 0.1) is 0 Å². The molecule has 2 nitrogen and oxygen atoms in total. The van der Waals surface area contributed by atoms with E-state index in [2.05, 4.69) is 19.2 Å². The summed E-state index contributed by atoms with van der Waals surface area (Å²) in [7, 11) is 0. The van der Waals surface area contributed by atoms with Crippen molar-refractivity contribution in [3.8, 4) is 0 Å². The zero-order valence-corrected chi connectivity index (χ0v) is 6.98. The predicted molar refractivity (Wildman–Crippen MR) is 43.9 cm³/mol. The fourth-order valence-electron chi connectivity index (χ4n) is 1.38. The molecule has 2 heteroatoms. The summed E-state index contributed by atoms with van der Waals surface area (Å²) >= 11 is 0. The molecule has 1 rings (SSSR count). The van der Waals surface area contributed by atoms with Gasteiger partial charge in [0.15, 0.2) is 0 Å². The molecule has 1 unspecified atom stereocenters. The third kappa shape index (κ3) is 1.96. The molecular weight excluding hydrogens is 124 g/mol. The molecular formula is C8H18N2. The van der Waals surface area contributed by atoms with Gasteiger partial charge in [-0.05, 0) is 18.3 Å². The summed E-state index contributed by atoms with van der Waals surface area (Å²) in [6.45, 7) is 6.50. The fraction of sp³-hybridized carbons (Fsp3) is 1.00. The van der Waals surface area contributed by atoms with E-state index in [1.165, 1.54) is 12.8 Å². The van der Waals surface area contributed by atoms with Crippen molar-refractivity contribution >= 4 is 0 Å². The maximum atomic E-state index is 5.53. The molecule has 1 atom stereocenters. The summed E-state index contributed by atoms with van der Waals surface area (Å²) in [5.41, 5.74) is 6.02. The predicted octanol–water partition coefficient (Wildman–Crippen LogP) is 0.723. The number of hydrogen-bond acceptors (Lipinski definition) is 2. The SMILES string of the molecule is CC1(C)CCC(CN)NC1. The molecule has 10 heavy (non-hydrogen) atoms. The van der Waals surface area contributed by atoms with E-state index in [-0.39, 0.29) is 0 Å². The quantitative estimate of drug-likeness (QED) is 0.566. The first-order valence-corrected chi connectivity index (χ1v) is 4.07. The molecule has 3 N–H and O–H groups in total. The maximum Gasteiger partial charge on any atom is 0.0190 e. The molecule has 0 aliphatic carbocycles. The third-order valence-corrected chi connectivity index (χ3v) is 2.32. The van der Waals surface area contributed by atoms with E-state index in [1.54, 1.807) is 0 Å². The first-order valence-electron chi connectivity index (χ1n) is 4.07. The van der Waals surface area contributed by atoms with Crippen LogP contribution in [-0.2, 0) is 0 Å². The lowest BCUT2D eigenvalue weighted by atomic mass is 9.83. The standard InChI is InChI=1S/C8H18N2/c1-8(2)4-3-7(5-9)10-6-8/h7,10H,3-6,9H2,1-2H3. The molecule has 1 saturated heterocycles. The van der Waals surface area contributed by atoms with Crippen LogP contribution in [0.15, 0.2) is 0 Å². The lowest BCUT2D eigenvalue weighted by molar-refractivity contribution is 0.225. The van der Waals surface area contributed by atoms with Crippen LogP contribution in [0.1, 0.15) is 26.7 Å². The van der Waals surface area contributed by atoms with Gasteiger partial charge in [-0.1, -0.05) is 13.8 Å². The fourth-order valence-corrected chi connectivity index (χ4v) is 1.38. The Morgan fingerprint density at radius 2 is 2.30 bits per heavy atom. The highest BCUT2D eigenvalue weighted by Gasteiger charge is 2.24. The van der Waals surface area contributed by atoms with E-state index in [9.17, 15) is 0 Å². The van der Waals surface area contributed by atoms with Crippen LogP contribution in [-0.4, -0.2) is 19.1 Å². The molecule has 1 heterocycles. The van der Waals surface area contributed by atoms with Gasteiger partial charge in [0.25, 0.3) is 0 Å². The van der Waals surface area contributed by atoms with Crippen molar-refractivity contribution < 1.29 is 0 Å². The lowest BCUT2D eigenvalue weighted by Gasteiger charge is -2.34. The Kier molecular flexibility index (Phi) is 2.32. The van der Waals surface area contributed by atoms with Crippen LogP contribution in [0.25, 0.3) is 0 Å². The van der Waals surface area contributed by atoms with Crippen LogP contribution >= 0.6 is 0 Å². The van der Waals surface area contributed by atoms with Crippen LogP contribution in [0.3, 0.4) is 0 Å². The van der Waals surface area contributed by atoms with E-state index in [1.807, 2.05) is 0 Å². The molecule has 0 saturated carbocycles. The summed E-state index contributed by atoms with van der Waals surface area (Å²) < 4.78 is 0. The molecule has 0 aromatic carbocycles. The second-order valence-corrected chi connectivity index (χ2v) is 4.02. The first kappa shape index (κ1) is 8.02. The topological polar surface area (TPSA) is 38.0 Å². The van der Waals surface area contributed by atoms with Gasteiger partial charge in [-0.3, -0.25) is 0 Å². The van der Waals surface area contributed by atoms with Crippen LogP contribution < -0.4 is 11.1 Å². The van der Waals surface area contributed by atoms with Crippen LogP contribution in [0.5, 0.6) is 0 Å². The summed E-state index contributed by atoms with van der Waals surface area (Å²) in [5.74, 6) is 0. The smallest absolute Gasteiger partial charge is 0.0190 e. The molecule has 0 aromatic rings. The molecule has 0 spiro atoms. The Bertz CT molecular complexity index is 99.8. The van der Waals surface area contributed by atoms with Gasteiger partial charge >= 0.3 is 0 Å². The number of hydrogen-bond donors (Lipinski definition) is 2. The summed E-state index contributed by atoms with van der Waals surface area (Å²) in [6, 6.07) is 0.577. The van der Waals surface area contributed by atoms with Crippen molar-refractivity contribution in [1.29, 1.82) is 0 Å². The van der Waals surface area contributed by atoms with Crippen molar-refractivity contribution in [2.75, 3.05) is 13.1 Å². The minimum absolute atomic E-state index is 0.492. The molecule has 60 valence electrons.